The van der Waals surface area contributed by atoms with Crippen LogP contribution in [0.25, 0.3) is 10.9 Å². The Labute approximate surface area is 92.6 Å². The number of alkyl carbamates (subject to hydrolysis) is 1. The van der Waals surface area contributed by atoms with Gasteiger partial charge in [0.25, 0.3) is 0 Å². The van der Waals surface area contributed by atoms with E-state index in [0.29, 0.717) is 6.61 Å². The van der Waals surface area contributed by atoms with Crippen LogP contribution < -0.4 is 5.32 Å². The maximum Gasteiger partial charge on any atom is 0.407 e. The summed E-state index contributed by atoms with van der Waals surface area (Å²) in [6.07, 6.45) is 0.460. The number of para-hydroxylation sites is 1. The Morgan fingerprint density at radius 1 is 1.38 bits per heavy atom. The number of rotatable bonds is 2. The Morgan fingerprint density at radius 2 is 2.25 bits per heavy atom. The fraction of sp³-hybridized carbons (Fsp3) is 0.250. The first-order valence-electron chi connectivity index (χ1n) is 5.31. The highest BCUT2D eigenvalue weighted by atomic mass is 16.6. The summed E-state index contributed by atoms with van der Waals surface area (Å²) < 4.78 is 4.85. The predicted molar refractivity (Wildman–Crippen MR) is 60.3 cm³/mol. The molecule has 1 amide bonds. The Balaban J connectivity index is 1.81. The van der Waals surface area contributed by atoms with Crippen LogP contribution in [0.2, 0.25) is 0 Å². The number of hydrogen-bond donors (Lipinski definition) is 2. The van der Waals surface area contributed by atoms with Crippen molar-refractivity contribution in [2.24, 2.45) is 0 Å². The summed E-state index contributed by atoms with van der Waals surface area (Å²) in [5.41, 5.74) is 2.25. The molecule has 2 heterocycles. The highest BCUT2D eigenvalue weighted by Gasteiger charge is 2.22. The lowest BCUT2D eigenvalue weighted by Crippen LogP contribution is -2.28. The molecule has 1 aromatic carbocycles. The first-order valence-corrected chi connectivity index (χ1v) is 5.31. The number of cyclic esters (lactones) is 1. The molecule has 0 spiro atoms. The molecule has 0 aliphatic carbocycles. The van der Waals surface area contributed by atoms with E-state index in [4.69, 9.17) is 4.74 Å². The van der Waals surface area contributed by atoms with E-state index in [2.05, 4.69) is 22.4 Å². The second-order valence-corrected chi connectivity index (χ2v) is 4.03. The van der Waals surface area contributed by atoms with Gasteiger partial charge in [-0.3, -0.25) is 0 Å². The third-order valence-corrected chi connectivity index (χ3v) is 2.79. The number of aromatic amines is 1. The van der Waals surface area contributed by atoms with Crippen molar-refractivity contribution in [2.75, 3.05) is 6.61 Å². The first kappa shape index (κ1) is 9.27. The first-order chi connectivity index (χ1) is 7.81. The van der Waals surface area contributed by atoms with Crippen molar-refractivity contribution in [1.29, 1.82) is 0 Å². The van der Waals surface area contributed by atoms with Crippen LogP contribution in [0.3, 0.4) is 0 Å². The standard InChI is InChI=1S/C12H12N2O2/c15-12-14-10(7-16-12)6-9-5-8-3-1-2-4-11(8)13-9/h1-5,10,13H,6-7H2,(H,14,15)/t10-/m0/s1. The van der Waals surface area contributed by atoms with Crippen molar-refractivity contribution >= 4 is 17.0 Å². The van der Waals surface area contributed by atoms with E-state index in [9.17, 15) is 4.79 Å². The summed E-state index contributed by atoms with van der Waals surface area (Å²) in [5, 5.41) is 3.96. The second kappa shape index (κ2) is 3.56. The lowest BCUT2D eigenvalue weighted by atomic mass is 10.1. The highest BCUT2D eigenvalue weighted by molar-refractivity contribution is 5.80. The number of hydrogen-bond acceptors (Lipinski definition) is 2. The van der Waals surface area contributed by atoms with Crippen LogP contribution >= 0.6 is 0 Å². The quantitative estimate of drug-likeness (QED) is 0.804. The van der Waals surface area contributed by atoms with Gasteiger partial charge in [0.1, 0.15) is 6.61 Å². The molecule has 1 aliphatic rings. The van der Waals surface area contributed by atoms with E-state index in [1.54, 1.807) is 0 Å². The van der Waals surface area contributed by atoms with Gasteiger partial charge in [-0.1, -0.05) is 18.2 Å². The Kier molecular flexibility index (Phi) is 2.06. The summed E-state index contributed by atoms with van der Waals surface area (Å²) in [7, 11) is 0. The third-order valence-electron chi connectivity index (χ3n) is 2.79. The number of aromatic nitrogens is 1. The smallest absolute Gasteiger partial charge is 0.407 e. The van der Waals surface area contributed by atoms with Crippen molar-refractivity contribution in [2.45, 2.75) is 12.5 Å². The maximum absolute atomic E-state index is 10.9. The van der Waals surface area contributed by atoms with Gasteiger partial charge in [-0.15, -0.1) is 0 Å². The van der Waals surface area contributed by atoms with E-state index in [1.165, 1.54) is 5.39 Å². The molecule has 82 valence electrons. The van der Waals surface area contributed by atoms with E-state index in [-0.39, 0.29) is 12.1 Å². The zero-order valence-electron chi connectivity index (χ0n) is 8.69. The summed E-state index contributed by atoms with van der Waals surface area (Å²) in [4.78, 5) is 14.2. The molecule has 1 atom stereocenters. The maximum atomic E-state index is 10.9. The Hall–Kier alpha value is -1.97. The average molecular weight is 216 g/mol. The number of benzene rings is 1. The van der Waals surface area contributed by atoms with Gasteiger partial charge < -0.3 is 15.0 Å². The molecule has 0 saturated carbocycles. The number of carbonyl (C=O) groups is 1. The van der Waals surface area contributed by atoms with Gasteiger partial charge in [-0.2, -0.15) is 0 Å². The van der Waals surface area contributed by atoms with Crippen LogP contribution in [0.4, 0.5) is 4.79 Å². The molecule has 1 aliphatic heterocycles. The number of nitrogens with one attached hydrogen (secondary N) is 2. The van der Waals surface area contributed by atoms with E-state index in [1.807, 2.05) is 18.2 Å². The van der Waals surface area contributed by atoms with Crippen molar-refractivity contribution in [1.82, 2.24) is 10.3 Å². The lowest BCUT2D eigenvalue weighted by Gasteiger charge is -2.03. The molecule has 1 saturated heterocycles. The molecule has 2 N–H and O–H groups in total. The molecular formula is C12H12N2O2. The minimum atomic E-state index is -0.318. The van der Waals surface area contributed by atoms with Crippen molar-refractivity contribution in [3.63, 3.8) is 0 Å². The summed E-state index contributed by atoms with van der Waals surface area (Å²) in [5.74, 6) is 0. The SMILES string of the molecule is O=C1N[C@@H](Cc2cc3ccccc3[nH]2)CO1. The fourth-order valence-corrected chi connectivity index (χ4v) is 2.05. The van der Waals surface area contributed by atoms with Crippen LogP contribution in [0.1, 0.15) is 5.69 Å². The second-order valence-electron chi connectivity index (χ2n) is 4.03. The van der Waals surface area contributed by atoms with E-state index >= 15 is 0 Å². The number of ether oxygens (including phenoxy) is 1. The molecular weight excluding hydrogens is 204 g/mol. The highest BCUT2D eigenvalue weighted by Crippen LogP contribution is 2.16. The van der Waals surface area contributed by atoms with Crippen LogP contribution in [0.15, 0.2) is 30.3 Å². The normalized spacial score (nSPS) is 19.8. The minimum absolute atomic E-state index is 0.0839. The number of H-pyrrole nitrogens is 1. The fourth-order valence-electron chi connectivity index (χ4n) is 2.05. The lowest BCUT2D eigenvalue weighted by molar-refractivity contribution is 0.177. The zero-order valence-corrected chi connectivity index (χ0v) is 8.69. The van der Waals surface area contributed by atoms with E-state index in [0.717, 1.165) is 17.6 Å². The predicted octanol–water partition coefficient (Wildman–Crippen LogP) is 1.82. The molecule has 0 bridgehead atoms. The molecule has 4 heteroatoms. The molecule has 0 radical (unpaired) electrons. The Morgan fingerprint density at radius 3 is 3.00 bits per heavy atom. The molecule has 1 aromatic heterocycles. The Bertz CT molecular complexity index is 500. The number of fused-ring (bicyclic) bond motifs is 1. The summed E-state index contributed by atoms with van der Waals surface area (Å²) in [6.45, 7) is 0.453. The largest absolute Gasteiger partial charge is 0.447 e. The van der Waals surface area contributed by atoms with Crippen LogP contribution in [-0.2, 0) is 11.2 Å². The minimum Gasteiger partial charge on any atom is -0.447 e. The van der Waals surface area contributed by atoms with Gasteiger partial charge in [-0.25, -0.2) is 4.79 Å². The van der Waals surface area contributed by atoms with Gasteiger partial charge in [0, 0.05) is 17.6 Å². The summed E-state index contributed by atoms with van der Waals surface area (Å²) in [6, 6.07) is 10.3. The van der Waals surface area contributed by atoms with Crippen LogP contribution in [-0.4, -0.2) is 23.7 Å². The van der Waals surface area contributed by atoms with Crippen LogP contribution in [0.5, 0.6) is 0 Å². The van der Waals surface area contributed by atoms with Crippen molar-refractivity contribution < 1.29 is 9.53 Å². The number of amides is 1. The van der Waals surface area contributed by atoms with Gasteiger partial charge in [0.2, 0.25) is 0 Å². The van der Waals surface area contributed by atoms with Gasteiger partial charge in [0.15, 0.2) is 0 Å². The van der Waals surface area contributed by atoms with Crippen molar-refractivity contribution in [3.8, 4) is 0 Å². The van der Waals surface area contributed by atoms with Gasteiger partial charge in [-0.05, 0) is 17.5 Å². The van der Waals surface area contributed by atoms with E-state index < -0.39 is 0 Å². The van der Waals surface area contributed by atoms with Gasteiger partial charge >= 0.3 is 6.09 Å². The van der Waals surface area contributed by atoms with Crippen LogP contribution in [0, 0.1) is 0 Å². The molecule has 1 fully saturated rings. The average Bonchev–Trinajstić information content (AvgIpc) is 2.84. The molecule has 4 nitrogen and oxygen atoms in total. The monoisotopic (exact) mass is 216 g/mol. The number of carbonyl (C=O) groups excluding carboxylic acids is 1. The zero-order chi connectivity index (χ0) is 11.0. The molecule has 16 heavy (non-hydrogen) atoms. The van der Waals surface area contributed by atoms with Gasteiger partial charge in [0.05, 0.1) is 6.04 Å². The molecule has 0 unspecified atom stereocenters. The summed E-state index contributed by atoms with van der Waals surface area (Å²) >= 11 is 0. The topological polar surface area (TPSA) is 54.1 Å². The third kappa shape index (κ3) is 1.62. The van der Waals surface area contributed by atoms with Crippen molar-refractivity contribution in [3.05, 3.63) is 36.0 Å². The molecule has 3 rings (SSSR count). The molecule has 2 aromatic rings.